The smallest absolute Gasteiger partial charge is 0.0730 e. The highest BCUT2D eigenvalue weighted by atomic mass is 32.2. The molecular weight excluding hydrogens is 182 g/mol. The molecule has 1 aromatic carbocycles. The fourth-order valence-corrected chi connectivity index (χ4v) is 1.58. The summed E-state index contributed by atoms with van der Waals surface area (Å²) in [5, 5.41) is 0. The molecule has 70 valence electrons. The van der Waals surface area contributed by atoms with Crippen LogP contribution in [0.25, 0.3) is 5.70 Å². The van der Waals surface area contributed by atoms with Gasteiger partial charge in [-0.15, -0.1) is 0 Å². The van der Waals surface area contributed by atoms with Crippen LogP contribution in [0.1, 0.15) is 5.56 Å². The number of hydrogen-bond acceptors (Lipinski definition) is 2. The SMILES string of the molecule is C=C(N=S(C)(C)=O)c1ccccc1. The molecule has 0 aromatic heterocycles. The van der Waals surface area contributed by atoms with Crippen molar-refractivity contribution in [2.75, 3.05) is 12.5 Å². The van der Waals surface area contributed by atoms with Crippen molar-refractivity contribution in [3.05, 3.63) is 42.5 Å². The minimum absolute atomic E-state index is 0.579. The Labute approximate surface area is 79.5 Å². The second-order valence-electron chi connectivity index (χ2n) is 3.09. The van der Waals surface area contributed by atoms with Crippen LogP contribution in [-0.4, -0.2) is 16.7 Å². The third-order valence-corrected chi connectivity index (χ3v) is 2.10. The Morgan fingerprint density at radius 1 is 1.31 bits per heavy atom. The highest BCUT2D eigenvalue weighted by molar-refractivity contribution is 7.92. The van der Waals surface area contributed by atoms with Crippen LogP contribution in [0.3, 0.4) is 0 Å². The topological polar surface area (TPSA) is 29.4 Å². The fraction of sp³-hybridized carbons (Fsp3) is 0.200. The van der Waals surface area contributed by atoms with E-state index in [1.807, 2.05) is 30.3 Å². The fourth-order valence-electron chi connectivity index (χ4n) is 0.949. The van der Waals surface area contributed by atoms with Crippen molar-refractivity contribution in [2.45, 2.75) is 0 Å². The van der Waals surface area contributed by atoms with Gasteiger partial charge in [-0.3, -0.25) is 0 Å². The maximum atomic E-state index is 11.3. The molecule has 3 heteroatoms. The third kappa shape index (κ3) is 3.42. The lowest BCUT2D eigenvalue weighted by Gasteiger charge is -2.00. The number of benzene rings is 1. The highest BCUT2D eigenvalue weighted by Crippen LogP contribution is 2.13. The predicted octanol–water partition coefficient (Wildman–Crippen LogP) is 2.38. The summed E-state index contributed by atoms with van der Waals surface area (Å²) in [5.74, 6) is 0. The van der Waals surface area contributed by atoms with E-state index in [1.54, 1.807) is 12.5 Å². The molecule has 0 atom stereocenters. The van der Waals surface area contributed by atoms with Crippen LogP contribution < -0.4 is 0 Å². The summed E-state index contributed by atoms with van der Waals surface area (Å²) in [6.07, 6.45) is 3.20. The van der Waals surface area contributed by atoms with E-state index < -0.39 is 9.73 Å². The Hall–Kier alpha value is -1.09. The molecule has 0 N–H and O–H groups in total. The van der Waals surface area contributed by atoms with E-state index in [-0.39, 0.29) is 0 Å². The molecule has 0 bridgehead atoms. The standard InChI is InChI=1S/C10H13NOS/c1-9(11-13(2,3)12)10-7-5-4-6-8-10/h4-8H,1H2,2-3H3. The summed E-state index contributed by atoms with van der Waals surface area (Å²) in [6, 6.07) is 9.53. The van der Waals surface area contributed by atoms with Crippen molar-refractivity contribution in [1.82, 2.24) is 0 Å². The molecule has 0 aliphatic heterocycles. The van der Waals surface area contributed by atoms with Crippen LogP contribution in [0.4, 0.5) is 0 Å². The molecule has 0 aliphatic carbocycles. The lowest BCUT2D eigenvalue weighted by Crippen LogP contribution is -1.91. The molecule has 0 unspecified atom stereocenters. The average Bonchev–Trinajstić information content (AvgIpc) is 2.03. The molecule has 0 spiro atoms. The van der Waals surface area contributed by atoms with Gasteiger partial charge in [0.25, 0.3) is 0 Å². The van der Waals surface area contributed by atoms with E-state index in [0.29, 0.717) is 5.70 Å². The summed E-state index contributed by atoms with van der Waals surface area (Å²) < 4.78 is 15.4. The Morgan fingerprint density at radius 2 is 1.85 bits per heavy atom. The molecule has 0 amide bonds. The summed E-state index contributed by atoms with van der Waals surface area (Å²) in [4.78, 5) is 0. The molecule has 1 rings (SSSR count). The van der Waals surface area contributed by atoms with E-state index in [2.05, 4.69) is 10.9 Å². The first kappa shape index (κ1) is 9.99. The van der Waals surface area contributed by atoms with Gasteiger partial charge < -0.3 is 0 Å². The van der Waals surface area contributed by atoms with Crippen LogP contribution >= 0.6 is 0 Å². The van der Waals surface area contributed by atoms with Crippen LogP contribution in [-0.2, 0) is 9.73 Å². The molecule has 0 fully saturated rings. The predicted molar refractivity (Wildman–Crippen MR) is 57.9 cm³/mol. The average molecular weight is 195 g/mol. The van der Waals surface area contributed by atoms with E-state index in [4.69, 9.17) is 0 Å². The number of hydrogen-bond donors (Lipinski definition) is 0. The Balaban J connectivity index is 3.02. The van der Waals surface area contributed by atoms with Gasteiger partial charge in [-0.2, -0.15) is 4.36 Å². The van der Waals surface area contributed by atoms with Crippen molar-refractivity contribution in [1.29, 1.82) is 0 Å². The maximum Gasteiger partial charge on any atom is 0.0730 e. The summed E-state index contributed by atoms with van der Waals surface area (Å²) in [6.45, 7) is 3.76. The van der Waals surface area contributed by atoms with Crippen molar-refractivity contribution in [3.8, 4) is 0 Å². The number of rotatable bonds is 2. The van der Waals surface area contributed by atoms with Gasteiger partial charge in [0.1, 0.15) is 0 Å². The van der Waals surface area contributed by atoms with E-state index in [1.165, 1.54) is 0 Å². The quantitative estimate of drug-likeness (QED) is 0.712. The van der Waals surface area contributed by atoms with Gasteiger partial charge in [-0.1, -0.05) is 36.9 Å². The first-order chi connectivity index (χ1) is 5.99. The molecule has 1 aromatic rings. The van der Waals surface area contributed by atoms with Crippen molar-refractivity contribution < 1.29 is 4.21 Å². The van der Waals surface area contributed by atoms with Gasteiger partial charge in [0.05, 0.1) is 5.70 Å². The Bertz CT molecular complexity index is 406. The van der Waals surface area contributed by atoms with Crippen molar-refractivity contribution >= 4 is 15.4 Å². The van der Waals surface area contributed by atoms with Crippen molar-refractivity contribution in [3.63, 3.8) is 0 Å². The van der Waals surface area contributed by atoms with Crippen LogP contribution in [0.5, 0.6) is 0 Å². The summed E-state index contributed by atoms with van der Waals surface area (Å²) in [5.41, 5.74) is 1.49. The first-order valence-corrected chi connectivity index (χ1v) is 6.24. The normalized spacial score (nSPS) is 10.9. The zero-order valence-electron chi connectivity index (χ0n) is 7.86. The van der Waals surface area contributed by atoms with Crippen LogP contribution in [0, 0.1) is 0 Å². The van der Waals surface area contributed by atoms with Crippen molar-refractivity contribution in [2.24, 2.45) is 4.36 Å². The van der Waals surface area contributed by atoms with E-state index >= 15 is 0 Å². The zero-order valence-corrected chi connectivity index (χ0v) is 8.67. The zero-order chi connectivity index (χ0) is 9.90. The van der Waals surface area contributed by atoms with E-state index in [9.17, 15) is 4.21 Å². The van der Waals surface area contributed by atoms with Gasteiger partial charge in [0, 0.05) is 27.8 Å². The van der Waals surface area contributed by atoms with Gasteiger partial charge >= 0.3 is 0 Å². The second-order valence-corrected chi connectivity index (χ2v) is 5.63. The molecule has 0 saturated carbocycles. The summed E-state index contributed by atoms with van der Waals surface area (Å²) in [7, 11) is -2.10. The molecule has 0 radical (unpaired) electrons. The van der Waals surface area contributed by atoms with Gasteiger partial charge in [0.2, 0.25) is 0 Å². The molecule has 13 heavy (non-hydrogen) atoms. The molecule has 0 aliphatic rings. The number of nitrogens with zero attached hydrogens (tertiary/aromatic N) is 1. The molecule has 0 heterocycles. The first-order valence-electron chi connectivity index (χ1n) is 3.90. The molecular formula is C10H13NOS. The van der Waals surface area contributed by atoms with Gasteiger partial charge in [-0.25, -0.2) is 4.21 Å². The molecule has 2 nitrogen and oxygen atoms in total. The maximum absolute atomic E-state index is 11.3. The Morgan fingerprint density at radius 3 is 2.31 bits per heavy atom. The van der Waals surface area contributed by atoms with Crippen LogP contribution in [0.2, 0.25) is 0 Å². The van der Waals surface area contributed by atoms with Gasteiger partial charge in [0.15, 0.2) is 0 Å². The second kappa shape index (κ2) is 3.75. The minimum Gasteiger partial charge on any atom is -0.250 e. The minimum atomic E-state index is -2.10. The molecule has 0 saturated heterocycles. The van der Waals surface area contributed by atoms with Crippen LogP contribution in [0.15, 0.2) is 41.3 Å². The third-order valence-electron chi connectivity index (χ3n) is 1.44. The lowest BCUT2D eigenvalue weighted by atomic mass is 10.2. The summed E-state index contributed by atoms with van der Waals surface area (Å²) >= 11 is 0. The highest BCUT2D eigenvalue weighted by Gasteiger charge is 1.97. The lowest BCUT2D eigenvalue weighted by molar-refractivity contribution is 0.684. The van der Waals surface area contributed by atoms with E-state index in [0.717, 1.165) is 5.56 Å². The monoisotopic (exact) mass is 195 g/mol. The Kier molecular flexibility index (Phi) is 2.88. The van der Waals surface area contributed by atoms with Gasteiger partial charge in [-0.05, 0) is 0 Å². The largest absolute Gasteiger partial charge is 0.250 e.